The van der Waals surface area contributed by atoms with Gasteiger partial charge in [0, 0.05) is 29.8 Å². The van der Waals surface area contributed by atoms with Crippen molar-refractivity contribution in [3.05, 3.63) is 81.7 Å². The molecule has 3 rings (SSSR count). The molecule has 0 aliphatic carbocycles. The lowest BCUT2D eigenvalue weighted by Crippen LogP contribution is -2.35. The molecule has 2 amide bonds. The number of rotatable bonds is 5. The van der Waals surface area contributed by atoms with Crippen LogP contribution in [-0.2, 0) is 4.79 Å². The van der Waals surface area contributed by atoms with Crippen molar-refractivity contribution in [2.45, 2.75) is 41.5 Å². The zero-order chi connectivity index (χ0) is 22.9. The minimum Gasteiger partial charge on any atom is -0.332 e. The summed E-state index contributed by atoms with van der Waals surface area (Å²) < 4.78 is 2.09. The third-order valence-corrected chi connectivity index (χ3v) is 5.69. The van der Waals surface area contributed by atoms with Crippen LogP contribution in [0.4, 0.5) is 5.69 Å². The molecule has 0 aliphatic rings. The normalized spacial score (nSPS) is 10.8. The monoisotopic (exact) mass is 417 g/mol. The van der Waals surface area contributed by atoms with Gasteiger partial charge in [-0.1, -0.05) is 35.9 Å². The fraction of sp³-hybridized carbons (Fsp3) is 0.308. The van der Waals surface area contributed by atoms with Crippen molar-refractivity contribution in [1.82, 2.24) is 9.47 Å². The molecule has 0 aliphatic heterocycles. The molecule has 5 heteroatoms. The highest BCUT2D eigenvalue weighted by molar-refractivity contribution is 6.00. The number of aromatic nitrogens is 1. The number of benzene rings is 2. The minimum atomic E-state index is -0.210. The maximum Gasteiger partial charge on any atom is 0.255 e. The third kappa shape index (κ3) is 4.55. The van der Waals surface area contributed by atoms with E-state index < -0.39 is 0 Å². The molecule has 0 atom stereocenters. The Morgan fingerprint density at radius 3 is 2.13 bits per heavy atom. The Hall–Kier alpha value is -3.34. The van der Waals surface area contributed by atoms with E-state index in [1.807, 2.05) is 71.0 Å². The quantitative estimate of drug-likeness (QED) is 0.632. The molecule has 5 nitrogen and oxygen atoms in total. The van der Waals surface area contributed by atoms with Gasteiger partial charge in [0.05, 0.1) is 12.1 Å². The maximum absolute atomic E-state index is 13.1. The summed E-state index contributed by atoms with van der Waals surface area (Å²) in [5.41, 5.74) is 8.66. The highest BCUT2D eigenvalue weighted by Gasteiger charge is 2.22. The molecular weight excluding hydrogens is 386 g/mol. The number of hydrogen-bond donors (Lipinski definition) is 1. The van der Waals surface area contributed by atoms with Crippen LogP contribution in [0, 0.1) is 41.5 Å². The number of likely N-dealkylation sites (N-methyl/N-ethyl adjacent to an activating group) is 1. The maximum atomic E-state index is 13.1. The van der Waals surface area contributed by atoms with Crippen molar-refractivity contribution < 1.29 is 9.59 Å². The summed E-state index contributed by atoms with van der Waals surface area (Å²) in [6.45, 7) is 12.0. The van der Waals surface area contributed by atoms with E-state index in [9.17, 15) is 9.59 Å². The van der Waals surface area contributed by atoms with E-state index in [0.29, 0.717) is 5.56 Å². The first kappa shape index (κ1) is 22.3. The van der Waals surface area contributed by atoms with Crippen LogP contribution >= 0.6 is 0 Å². The second-order valence-electron chi connectivity index (χ2n) is 8.39. The molecule has 31 heavy (non-hydrogen) atoms. The Bertz CT molecular complexity index is 1130. The van der Waals surface area contributed by atoms with Crippen LogP contribution in [0.5, 0.6) is 0 Å². The number of aryl methyl sites for hydroxylation is 5. The molecule has 3 aromatic rings. The molecule has 0 unspecified atom stereocenters. The molecular formula is C26H31N3O2. The first-order valence-electron chi connectivity index (χ1n) is 10.5. The second-order valence-corrected chi connectivity index (χ2v) is 8.39. The summed E-state index contributed by atoms with van der Waals surface area (Å²) in [5, 5.41) is 2.97. The standard InChI is InChI=1S/C26H31N3O2/c1-16-12-18(3)25(19(4)13-16)27-24(30)15-28(7)26(31)22-14-20(5)29(21(22)6)23-11-9-8-10-17(23)2/h8-14H,15H2,1-7H3,(H,27,30). The molecule has 1 N–H and O–H groups in total. The first-order chi connectivity index (χ1) is 14.6. The minimum absolute atomic E-state index is 0.0143. The molecule has 2 aromatic carbocycles. The average Bonchev–Trinajstić information content (AvgIpc) is 2.98. The fourth-order valence-electron chi connectivity index (χ4n) is 4.21. The van der Waals surface area contributed by atoms with Crippen molar-refractivity contribution in [3.63, 3.8) is 0 Å². The van der Waals surface area contributed by atoms with Gasteiger partial charge >= 0.3 is 0 Å². The zero-order valence-corrected chi connectivity index (χ0v) is 19.5. The van der Waals surface area contributed by atoms with Crippen LogP contribution in [0.15, 0.2) is 42.5 Å². The number of nitrogens with zero attached hydrogens (tertiary/aromatic N) is 2. The van der Waals surface area contributed by atoms with E-state index in [1.54, 1.807) is 7.05 Å². The van der Waals surface area contributed by atoms with Crippen LogP contribution in [0.25, 0.3) is 5.69 Å². The number of anilines is 1. The highest BCUT2D eigenvalue weighted by Crippen LogP contribution is 2.24. The van der Waals surface area contributed by atoms with Gasteiger partial charge in [0.15, 0.2) is 0 Å². The summed E-state index contributed by atoms with van der Waals surface area (Å²) in [6, 6.07) is 14.1. The Balaban J connectivity index is 1.79. The van der Waals surface area contributed by atoms with Gasteiger partial charge in [-0.25, -0.2) is 0 Å². The molecule has 0 bridgehead atoms. The molecule has 0 radical (unpaired) electrons. The molecule has 0 fully saturated rings. The number of amides is 2. The Morgan fingerprint density at radius 2 is 1.52 bits per heavy atom. The van der Waals surface area contributed by atoms with Crippen molar-refractivity contribution in [2.75, 3.05) is 18.9 Å². The van der Waals surface area contributed by atoms with E-state index in [-0.39, 0.29) is 18.4 Å². The largest absolute Gasteiger partial charge is 0.332 e. The SMILES string of the molecule is Cc1cc(C)c(NC(=O)CN(C)C(=O)c2cc(C)n(-c3ccccc3C)c2C)c(C)c1. The van der Waals surface area contributed by atoms with Crippen molar-refractivity contribution in [2.24, 2.45) is 0 Å². The van der Waals surface area contributed by atoms with Gasteiger partial charge in [0.2, 0.25) is 5.91 Å². The van der Waals surface area contributed by atoms with Crippen molar-refractivity contribution in [3.8, 4) is 5.69 Å². The molecule has 162 valence electrons. The lowest BCUT2D eigenvalue weighted by molar-refractivity contribution is -0.116. The van der Waals surface area contributed by atoms with Crippen LogP contribution in [-0.4, -0.2) is 34.9 Å². The van der Waals surface area contributed by atoms with Gasteiger partial charge < -0.3 is 14.8 Å². The molecule has 1 heterocycles. The van der Waals surface area contributed by atoms with Crippen molar-refractivity contribution >= 4 is 17.5 Å². The summed E-state index contributed by atoms with van der Waals surface area (Å²) in [5.74, 6) is -0.376. The predicted molar refractivity (Wildman–Crippen MR) is 126 cm³/mol. The summed E-state index contributed by atoms with van der Waals surface area (Å²) >= 11 is 0. The number of hydrogen-bond acceptors (Lipinski definition) is 2. The highest BCUT2D eigenvalue weighted by atomic mass is 16.2. The van der Waals surface area contributed by atoms with Crippen LogP contribution in [0.3, 0.4) is 0 Å². The van der Waals surface area contributed by atoms with Gasteiger partial charge in [-0.2, -0.15) is 0 Å². The second kappa shape index (κ2) is 8.80. The Morgan fingerprint density at radius 1 is 0.903 bits per heavy atom. The van der Waals surface area contributed by atoms with Gasteiger partial charge in [-0.15, -0.1) is 0 Å². The number of carbonyl (C=O) groups excluding carboxylic acids is 2. The van der Waals surface area contributed by atoms with E-state index in [4.69, 9.17) is 0 Å². The summed E-state index contributed by atoms with van der Waals surface area (Å²) in [6.07, 6.45) is 0. The summed E-state index contributed by atoms with van der Waals surface area (Å²) in [4.78, 5) is 27.3. The van der Waals surface area contributed by atoms with Crippen LogP contribution in [0.2, 0.25) is 0 Å². The van der Waals surface area contributed by atoms with Crippen LogP contribution in [0.1, 0.15) is 44.0 Å². The summed E-state index contributed by atoms with van der Waals surface area (Å²) in [7, 11) is 1.66. The lowest BCUT2D eigenvalue weighted by Gasteiger charge is -2.19. The molecule has 0 saturated heterocycles. The van der Waals surface area contributed by atoms with Gasteiger partial charge in [0.25, 0.3) is 5.91 Å². The van der Waals surface area contributed by atoms with Gasteiger partial charge in [0.1, 0.15) is 0 Å². The first-order valence-corrected chi connectivity index (χ1v) is 10.5. The molecule has 0 spiro atoms. The number of nitrogens with one attached hydrogen (secondary N) is 1. The Labute approximate surface area is 184 Å². The van der Waals surface area contributed by atoms with E-state index in [1.165, 1.54) is 4.90 Å². The topological polar surface area (TPSA) is 54.3 Å². The van der Waals surface area contributed by atoms with E-state index in [0.717, 1.165) is 45.0 Å². The zero-order valence-electron chi connectivity index (χ0n) is 19.5. The molecule has 1 aromatic heterocycles. The van der Waals surface area contributed by atoms with E-state index in [2.05, 4.69) is 22.9 Å². The third-order valence-electron chi connectivity index (χ3n) is 5.69. The molecule has 0 saturated carbocycles. The number of carbonyl (C=O) groups is 2. The lowest BCUT2D eigenvalue weighted by atomic mass is 10.1. The fourth-order valence-corrected chi connectivity index (χ4v) is 4.21. The smallest absolute Gasteiger partial charge is 0.255 e. The van der Waals surface area contributed by atoms with Gasteiger partial charge in [-0.3, -0.25) is 9.59 Å². The van der Waals surface area contributed by atoms with Gasteiger partial charge in [-0.05, 0) is 70.4 Å². The Kier molecular flexibility index (Phi) is 6.34. The van der Waals surface area contributed by atoms with Crippen LogP contribution < -0.4 is 5.32 Å². The predicted octanol–water partition coefficient (Wildman–Crippen LogP) is 5.04. The average molecular weight is 418 g/mol. The van der Waals surface area contributed by atoms with E-state index >= 15 is 0 Å². The number of para-hydroxylation sites is 1. The van der Waals surface area contributed by atoms with Crippen molar-refractivity contribution in [1.29, 1.82) is 0 Å².